The van der Waals surface area contributed by atoms with Gasteiger partial charge in [0.2, 0.25) is 5.91 Å². The van der Waals surface area contributed by atoms with Crippen molar-refractivity contribution in [3.05, 3.63) is 51.4 Å². The Morgan fingerprint density at radius 2 is 1.91 bits per heavy atom. The molecule has 23 heavy (non-hydrogen) atoms. The van der Waals surface area contributed by atoms with Crippen LogP contribution in [-0.2, 0) is 4.79 Å². The number of hydrogen-bond donors (Lipinski definition) is 2. The first-order valence-corrected chi connectivity index (χ1v) is 8.69. The molecule has 7 heteroatoms. The van der Waals surface area contributed by atoms with Crippen molar-refractivity contribution in [3.63, 3.8) is 0 Å². The average Bonchev–Trinajstić information content (AvgIpc) is 2.93. The third kappa shape index (κ3) is 4.62. The molecule has 0 saturated heterocycles. The molecule has 2 aromatic rings. The number of thioether (sulfide) groups is 1. The zero-order chi connectivity index (χ0) is 17.0. The molecular formula is C16H17BrN2O3S. The van der Waals surface area contributed by atoms with Gasteiger partial charge in [-0.1, -0.05) is 15.9 Å². The van der Waals surface area contributed by atoms with E-state index < -0.39 is 5.91 Å². The van der Waals surface area contributed by atoms with E-state index in [0.29, 0.717) is 11.3 Å². The van der Waals surface area contributed by atoms with Crippen LogP contribution in [0.4, 0.5) is 0 Å². The fraction of sp³-hybridized carbons (Fsp3) is 0.250. The molecule has 0 radical (unpaired) electrons. The van der Waals surface area contributed by atoms with Gasteiger partial charge in [0.25, 0.3) is 5.91 Å². The van der Waals surface area contributed by atoms with Gasteiger partial charge >= 0.3 is 0 Å². The minimum Gasteiger partial charge on any atom is -0.469 e. The summed E-state index contributed by atoms with van der Waals surface area (Å²) in [6.45, 7) is 5.68. The number of carbonyl (C=O) groups is 2. The molecule has 5 nitrogen and oxygen atoms in total. The van der Waals surface area contributed by atoms with E-state index in [0.717, 1.165) is 20.5 Å². The highest BCUT2D eigenvalue weighted by molar-refractivity contribution is 9.10. The number of nitrogens with one attached hydrogen (secondary N) is 2. The maximum Gasteiger partial charge on any atom is 0.273 e. The number of hydrogen-bond acceptors (Lipinski definition) is 4. The standard InChI is InChI=1S/C16H17BrN2O3S/c1-9-7-14(10(2)6-13(9)17)23-8-15(20)18-19-16(21)12-4-5-22-11(12)3/h4-7H,8H2,1-3H3,(H,18,20)(H,19,21). The van der Waals surface area contributed by atoms with Crippen LogP contribution in [0.25, 0.3) is 0 Å². The highest BCUT2D eigenvalue weighted by Gasteiger charge is 2.12. The summed E-state index contributed by atoms with van der Waals surface area (Å²) in [7, 11) is 0. The summed E-state index contributed by atoms with van der Waals surface area (Å²) in [6.07, 6.45) is 1.43. The zero-order valence-corrected chi connectivity index (χ0v) is 15.4. The lowest BCUT2D eigenvalue weighted by Gasteiger charge is -2.09. The third-order valence-corrected chi connectivity index (χ3v) is 5.25. The minimum absolute atomic E-state index is 0.215. The number of furan rings is 1. The van der Waals surface area contributed by atoms with Crippen LogP contribution in [0.1, 0.15) is 27.2 Å². The van der Waals surface area contributed by atoms with E-state index >= 15 is 0 Å². The van der Waals surface area contributed by atoms with Gasteiger partial charge in [0.1, 0.15) is 5.76 Å². The Labute approximate surface area is 147 Å². The summed E-state index contributed by atoms with van der Waals surface area (Å²) < 4.78 is 6.10. The SMILES string of the molecule is Cc1cc(SCC(=O)NNC(=O)c2ccoc2C)c(C)cc1Br. The largest absolute Gasteiger partial charge is 0.469 e. The molecular weight excluding hydrogens is 380 g/mol. The van der Waals surface area contributed by atoms with E-state index in [1.54, 1.807) is 13.0 Å². The van der Waals surface area contributed by atoms with Gasteiger partial charge in [-0.05, 0) is 50.1 Å². The van der Waals surface area contributed by atoms with E-state index in [1.165, 1.54) is 18.0 Å². The highest BCUT2D eigenvalue weighted by atomic mass is 79.9. The summed E-state index contributed by atoms with van der Waals surface area (Å²) in [5, 5.41) is 0. The monoisotopic (exact) mass is 396 g/mol. The lowest BCUT2D eigenvalue weighted by molar-refractivity contribution is -0.119. The van der Waals surface area contributed by atoms with Crippen molar-refractivity contribution in [1.82, 2.24) is 10.9 Å². The molecule has 0 unspecified atom stereocenters. The van der Waals surface area contributed by atoms with E-state index in [9.17, 15) is 9.59 Å². The van der Waals surface area contributed by atoms with Crippen LogP contribution >= 0.6 is 27.7 Å². The van der Waals surface area contributed by atoms with E-state index in [4.69, 9.17) is 4.42 Å². The Bertz CT molecular complexity index is 743. The van der Waals surface area contributed by atoms with Crippen molar-refractivity contribution < 1.29 is 14.0 Å². The van der Waals surface area contributed by atoms with E-state index in [1.807, 2.05) is 26.0 Å². The maximum absolute atomic E-state index is 11.9. The van der Waals surface area contributed by atoms with Crippen molar-refractivity contribution in [1.29, 1.82) is 0 Å². The van der Waals surface area contributed by atoms with Gasteiger partial charge in [0.05, 0.1) is 17.6 Å². The normalized spacial score (nSPS) is 10.4. The number of rotatable bonds is 4. The Morgan fingerprint density at radius 3 is 2.57 bits per heavy atom. The highest BCUT2D eigenvalue weighted by Crippen LogP contribution is 2.28. The summed E-state index contributed by atoms with van der Waals surface area (Å²) >= 11 is 4.91. The van der Waals surface area contributed by atoms with Gasteiger partial charge in [0, 0.05) is 9.37 Å². The molecule has 0 spiro atoms. The molecule has 2 rings (SSSR count). The molecule has 0 aliphatic carbocycles. The Kier molecular flexibility index (Phi) is 5.90. The molecule has 2 amide bonds. The second kappa shape index (κ2) is 7.70. The molecule has 1 aromatic carbocycles. The number of aryl methyl sites for hydroxylation is 3. The summed E-state index contributed by atoms with van der Waals surface area (Å²) in [6, 6.07) is 5.61. The van der Waals surface area contributed by atoms with Crippen LogP contribution in [0.3, 0.4) is 0 Å². The number of carbonyl (C=O) groups excluding carboxylic acids is 2. The van der Waals surface area contributed by atoms with Crippen molar-refractivity contribution in [2.24, 2.45) is 0 Å². The predicted octanol–water partition coefficient (Wildman–Crippen LogP) is 3.52. The molecule has 122 valence electrons. The number of amides is 2. The van der Waals surface area contributed by atoms with Crippen molar-refractivity contribution in [3.8, 4) is 0 Å². The third-order valence-electron chi connectivity index (χ3n) is 3.23. The number of halogens is 1. The zero-order valence-electron chi connectivity index (χ0n) is 13.0. The summed E-state index contributed by atoms with van der Waals surface area (Å²) in [5.74, 6) is 0.0499. The van der Waals surface area contributed by atoms with Crippen LogP contribution in [0.5, 0.6) is 0 Å². The van der Waals surface area contributed by atoms with Crippen LogP contribution in [0.15, 0.2) is 38.2 Å². The molecule has 0 aliphatic rings. The van der Waals surface area contributed by atoms with E-state index in [2.05, 4.69) is 26.8 Å². The quantitative estimate of drug-likeness (QED) is 0.612. The van der Waals surface area contributed by atoms with Gasteiger partial charge in [0.15, 0.2) is 0 Å². The van der Waals surface area contributed by atoms with Gasteiger partial charge < -0.3 is 4.42 Å². The van der Waals surface area contributed by atoms with Crippen LogP contribution < -0.4 is 10.9 Å². The first-order valence-electron chi connectivity index (χ1n) is 6.91. The Hall–Kier alpha value is -1.73. The minimum atomic E-state index is -0.398. The fourth-order valence-electron chi connectivity index (χ4n) is 1.90. The molecule has 0 atom stereocenters. The molecule has 1 aromatic heterocycles. The molecule has 1 heterocycles. The number of benzene rings is 1. The maximum atomic E-state index is 11.9. The molecule has 0 fully saturated rings. The Balaban J connectivity index is 1.85. The predicted molar refractivity (Wildman–Crippen MR) is 93.4 cm³/mol. The van der Waals surface area contributed by atoms with Gasteiger partial charge in [-0.3, -0.25) is 20.4 Å². The van der Waals surface area contributed by atoms with Gasteiger partial charge in [-0.25, -0.2) is 0 Å². The molecule has 2 N–H and O–H groups in total. The molecule has 0 saturated carbocycles. The lowest BCUT2D eigenvalue weighted by atomic mass is 10.2. The average molecular weight is 397 g/mol. The van der Waals surface area contributed by atoms with Gasteiger partial charge in [-0.2, -0.15) is 0 Å². The summed E-state index contributed by atoms with van der Waals surface area (Å²) in [4.78, 5) is 24.7. The summed E-state index contributed by atoms with van der Waals surface area (Å²) in [5.41, 5.74) is 7.39. The fourth-order valence-corrected chi connectivity index (χ4v) is 3.27. The van der Waals surface area contributed by atoms with Crippen molar-refractivity contribution >= 4 is 39.5 Å². The molecule has 0 bridgehead atoms. The van der Waals surface area contributed by atoms with Crippen LogP contribution in [-0.4, -0.2) is 17.6 Å². The van der Waals surface area contributed by atoms with Crippen molar-refractivity contribution in [2.75, 3.05) is 5.75 Å². The first kappa shape index (κ1) is 17.6. The number of hydrazine groups is 1. The van der Waals surface area contributed by atoms with Crippen LogP contribution in [0, 0.1) is 20.8 Å². The topological polar surface area (TPSA) is 71.3 Å². The Morgan fingerprint density at radius 1 is 1.17 bits per heavy atom. The second-order valence-electron chi connectivity index (χ2n) is 5.05. The smallest absolute Gasteiger partial charge is 0.273 e. The lowest BCUT2D eigenvalue weighted by Crippen LogP contribution is -2.42. The molecule has 0 aliphatic heterocycles. The van der Waals surface area contributed by atoms with Crippen molar-refractivity contribution in [2.45, 2.75) is 25.7 Å². The van der Waals surface area contributed by atoms with Crippen LogP contribution in [0.2, 0.25) is 0 Å². The van der Waals surface area contributed by atoms with Gasteiger partial charge in [-0.15, -0.1) is 11.8 Å². The second-order valence-corrected chi connectivity index (χ2v) is 6.92. The van der Waals surface area contributed by atoms with E-state index in [-0.39, 0.29) is 11.7 Å². The first-order chi connectivity index (χ1) is 10.9.